The summed E-state index contributed by atoms with van der Waals surface area (Å²) in [7, 11) is 0. The minimum atomic E-state index is -0.345. The highest BCUT2D eigenvalue weighted by Gasteiger charge is 2.09. The molecule has 1 unspecified atom stereocenters. The lowest BCUT2D eigenvalue weighted by atomic mass is 10.0. The number of hydrogen-bond donors (Lipinski definition) is 1. The van der Waals surface area contributed by atoms with Crippen LogP contribution in [0.4, 0.5) is 0 Å². The molecular formula is C14H17NOS. The molecule has 0 aliphatic heterocycles. The number of aromatic nitrogens is 1. The van der Waals surface area contributed by atoms with Crippen molar-refractivity contribution in [1.82, 2.24) is 4.98 Å². The summed E-state index contributed by atoms with van der Waals surface area (Å²) in [6.07, 6.45) is 2.78. The third kappa shape index (κ3) is 3.65. The van der Waals surface area contributed by atoms with E-state index in [2.05, 4.69) is 37.0 Å². The second-order valence-corrected chi connectivity index (χ2v) is 5.46. The first-order valence-corrected chi connectivity index (χ1v) is 6.65. The fraction of sp³-hybridized carbons (Fsp3) is 0.357. The SMILES string of the molecule is Cc1cc(C)cc(CC(O)Cc2nccs2)c1. The number of thiazole rings is 1. The molecule has 1 aromatic heterocycles. The summed E-state index contributed by atoms with van der Waals surface area (Å²) in [4.78, 5) is 4.19. The van der Waals surface area contributed by atoms with Crippen LogP contribution in [0.25, 0.3) is 0 Å². The van der Waals surface area contributed by atoms with Crippen molar-refractivity contribution in [2.75, 3.05) is 0 Å². The van der Waals surface area contributed by atoms with Crippen molar-refractivity contribution in [3.8, 4) is 0 Å². The van der Waals surface area contributed by atoms with Crippen molar-refractivity contribution in [3.05, 3.63) is 51.5 Å². The van der Waals surface area contributed by atoms with Gasteiger partial charge in [-0.15, -0.1) is 11.3 Å². The van der Waals surface area contributed by atoms with Gasteiger partial charge < -0.3 is 5.11 Å². The van der Waals surface area contributed by atoms with Crippen molar-refractivity contribution < 1.29 is 5.11 Å². The molecule has 2 nitrogen and oxygen atoms in total. The van der Waals surface area contributed by atoms with Gasteiger partial charge in [-0.3, -0.25) is 0 Å². The molecule has 1 atom stereocenters. The van der Waals surface area contributed by atoms with Gasteiger partial charge in [-0.25, -0.2) is 4.98 Å². The Labute approximate surface area is 106 Å². The average molecular weight is 247 g/mol. The van der Waals surface area contributed by atoms with Gasteiger partial charge in [0.05, 0.1) is 11.1 Å². The molecule has 0 radical (unpaired) electrons. The summed E-state index contributed by atoms with van der Waals surface area (Å²) in [5, 5.41) is 13.0. The molecule has 2 rings (SSSR count). The fourth-order valence-electron chi connectivity index (χ4n) is 2.09. The molecule has 0 amide bonds. The van der Waals surface area contributed by atoms with E-state index >= 15 is 0 Å². The Hall–Kier alpha value is -1.19. The summed E-state index contributed by atoms with van der Waals surface area (Å²) in [5.74, 6) is 0. The Kier molecular flexibility index (Phi) is 3.92. The molecule has 1 heterocycles. The standard InChI is InChI=1S/C14H17NOS/c1-10-5-11(2)7-12(6-10)8-13(16)9-14-15-3-4-17-14/h3-7,13,16H,8-9H2,1-2H3. The molecule has 0 fully saturated rings. The van der Waals surface area contributed by atoms with E-state index in [1.165, 1.54) is 16.7 Å². The second kappa shape index (κ2) is 5.43. The smallest absolute Gasteiger partial charge is 0.0950 e. The molecule has 0 spiro atoms. The van der Waals surface area contributed by atoms with Gasteiger partial charge in [0.25, 0.3) is 0 Å². The van der Waals surface area contributed by atoms with Crippen LogP contribution in [0.2, 0.25) is 0 Å². The predicted octanol–water partition coefficient (Wildman–Crippen LogP) is 2.91. The average Bonchev–Trinajstić information content (AvgIpc) is 2.67. The van der Waals surface area contributed by atoms with E-state index < -0.39 is 0 Å². The highest BCUT2D eigenvalue weighted by Crippen LogP contribution is 2.14. The van der Waals surface area contributed by atoms with Crippen molar-refractivity contribution in [3.63, 3.8) is 0 Å². The lowest BCUT2D eigenvalue weighted by Gasteiger charge is -2.10. The second-order valence-electron chi connectivity index (χ2n) is 4.48. The highest BCUT2D eigenvalue weighted by molar-refractivity contribution is 7.09. The normalized spacial score (nSPS) is 12.6. The third-order valence-corrected chi connectivity index (χ3v) is 3.45. The van der Waals surface area contributed by atoms with Crippen LogP contribution >= 0.6 is 11.3 Å². The van der Waals surface area contributed by atoms with E-state index in [0.717, 1.165) is 5.01 Å². The third-order valence-electron chi connectivity index (χ3n) is 2.65. The number of benzene rings is 1. The van der Waals surface area contributed by atoms with Gasteiger partial charge in [0, 0.05) is 18.0 Å². The molecule has 3 heteroatoms. The van der Waals surface area contributed by atoms with Gasteiger partial charge in [-0.2, -0.15) is 0 Å². The van der Waals surface area contributed by atoms with Crippen LogP contribution in [-0.2, 0) is 12.8 Å². The quantitative estimate of drug-likeness (QED) is 0.901. The van der Waals surface area contributed by atoms with Crippen LogP contribution < -0.4 is 0 Å². The van der Waals surface area contributed by atoms with E-state index in [1.54, 1.807) is 17.5 Å². The zero-order valence-corrected chi connectivity index (χ0v) is 11.0. The number of rotatable bonds is 4. The summed E-state index contributed by atoms with van der Waals surface area (Å²) in [6.45, 7) is 4.17. The van der Waals surface area contributed by atoms with Crippen LogP contribution in [0.5, 0.6) is 0 Å². The van der Waals surface area contributed by atoms with Crippen LogP contribution in [0.15, 0.2) is 29.8 Å². The van der Waals surface area contributed by atoms with Gasteiger partial charge in [0.2, 0.25) is 0 Å². The van der Waals surface area contributed by atoms with E-state index in [9.17, 15) is 5.11 Å². The number of aryl methyl sites for hydroxylation is 2. The van der Waals surface area contributed by atoms with Gasteiger partial charge in [-0.05, 0) is 25.8 Å². The van der Waals surface area contributed by atoms with E-state index in [0.29, 0.717) is 12.8 Å². The fourth-order valence-corrected chi connectivity index (χ4v) is 2.78. The first-order chi connectivity index (χ1) is 8.13. The zero-order chi connectivity index (χ0) is 12.3. The highest BCUT2D eigenvalue weighted by atomic mass is 32.1. The molecular weight excluding hydrogens is 230 g/mol. The Morgan fingerprint density at radius 1 is 1.18 bits per heavy atom. The molecule has 1 N–H and O–H groups in total. The summed E-state index contributed by atoms with van der Waals surface area (Å²) in [6, 6.07) is 6.42. The molecule has 0 saturated carbocycles. The molecule has 1 aromatic carbocycles. The Bertz CT molecular complexity index is 459. The van der Waals surface area contributed by atoms with Crippen LogP contribution in [0.1, 0.15) is 21.7 Å². The Balaban J connectivity index is 2.00. The molecule has 0 aliphatic carbocycles. The molecule has 0 bridgehead atoms. The number of aliphatic hydroxyl groups is 1. The van der Waals surface area contributed by atoms with E-state index in [1.807, 2.05) is 5.38 Å². The summed E-state index contributed by atoms with van der Waals surface area (Å²) >= 11 is 1.60. The molecule has 90 valence electrons. The van der Waals surface area contributed by atoms with Crippen molar-refractivity contribution in [2.45, 2.75) is 32.8 Å². The molecule has 0 aliphatic rings. The minimum Gasteiger partial charge on any atom is -0.392 e. The monoisotopic (exact) mass is 247 g/mol. The van der Waals surface area contributed by atoms with E-state index in [4.69, 9.17) is 0 Å². The maximum Gasteiger partial charge on any atom is 0.0950 e. The summed E-state index contributed by atoms with van der Waals surface area (Å²) in [5.41, 5.74) is 3.70. The van der Waals surface area contributed by atoms with Crippen LogP contribution in [-0.4, -0.2) is 16.2 Å². The van der Waals surface area contributed by atoms with Crippen LogP contribution in [0.3, 0.4) is 0 Å². The first kappa shape index (κ1) is 12.3. The van der Waals surface area contributed by atoms with Gasteiger partial charge >= 0.3 is 0 Å². The molecule has 17 heavy (non-hydrogen) atoms. The van der Waals surface area contributed by atoms with Crippen molar-refractivity contribution in [2.24, 2.45) is 0 Å². The van der Waals surface area contributed by atoms with Crippen LogP contribution in [0, 0.1) is 13.8 Å². The Morgan fingerprint density at radius 2 is 1.88 bits per heavy atom. The minimum absolute atomic E-state index is 0.345. The largest absolute Gasteiger partial charge is 0.392 e. The van der Waals surface area contributed by atoms with Crippen molar-refractivity contribution in [1.29, 1.82) is 0 Å². The first-order valence-electron chi connectivity index (χ1n) is 5.77. The zero-order valence-electron chi connectivity index (χ0n) is 10.2. The number of hydrogen-bond acceptors (Lipinski definition) is 3. The number of aliphatic hydroxyl groups excluding tert-OH is 1. The van der Waals surface area contributed by atoms with Crippen molar-refractivity contribution >= 4 is 11.3 Å². The molecule has 2 aromatic rings. The van der Waals surface area contributed by atoms with E-state index in [-0.39, 0.29) is 6.10 Å². The lowest BCUT2D eigenvalue weighted by molar-refractivity contribution is 0.175. The maximum atomic E-state index is 10.0. The summed E-state index contributed by atoms with van der Waals surface area (Å²) < 4.78 is 0. The lowest BCUT2D eigenvalue weighted by Crippen LogP contribution is -2.13. The Morgan fingerprint density at radius 3 is 2.47 bits per heavy atom. The van der Waals surface area contributed by atoms with Gasteiger partial charge in [0.15, 0.2) is 0 Å². The molecule has 0 saturated heterocycles. The maximum absolute atomic E-state index is 10.0. The predicted molar refractivity (Wildman–Crippen MR) is 71.4 cm³/mol. The van der Waals surface area contributed by atoms with Gasteiger partial charge in [-0.1, -0.05) is 29.3 Å². The topological polar surface area (TPSA) is 33.1 Å². The number of nitrogens with zero attached hydrogens (tertiary/aromatic N) is 1. The van der Waals surface area contributed by atoms with Gasteiger partial charge in [0.1, 0.15) is 0 Å².